The van der Waals surface area contributed by atoms with Crippen molar-refractivity contribution in [2.45, 2.75) is 58.3 Å². The molecule has 2 nitrogen and oxygen atoms in total. The second-order valence-corrected chi connectivity index (χ2v) is 7.91. The molecule has 1 fully saturated rings. The van der Waals surface area contributed by atoms with Gasteiger partial charge in [-0.05, 0) is 68.9 Å². The first-order chi connectivity index (χ1) is 10.6. The second-order valence-electron chi connectivity index (χ2n) is 7.00. The van der Waals surface area contributed by atoms with E-state index in [0.717, 1.165) is 24.4 Å². The van der Waals surface area contributed by atoms with Crippen LogP contribution in [0, 0.1) is 11.8 Å². The normalized spacial score (nSPS) is 25.6. The molecule has 0 saturated heterocycles. The monoisotopic (exact) mass is 317 g/mol. The van der Waals surface area contributed by atoms with Crippen molar-refractivity contribution in [1.82, 2.24) is 0 Å². The Balaban J connectivity index is 1.67. The van der Waals surface area contributed by atoms with E-state index in [2.05, 4.69) is 24.4 Å². The van der Waals surface area contributed by atoms with Crippen molar-refractivity contribution in [3.63, 3.8) is 0 Å². The number of carbonyl (C=O) groups excluding carboxylic acids is 1. The number of rotatable bonds is 3. The third-order valence-corrected chi connectivity index (χ3v) is 6.27. The van der Waals surface area contributed by atoms with Crippen LogP contribution in [0.15, 0.2) is 17.5 Å². The summed E-state index contributed by atoms with van der Waals surface area (Å²) in [5.74, 6) is 1.34. The number of nitrogens with zero attached hydrogens (tertiary/aromatic N) is 1. The Hall–Kier alpha value is -1.09. The first-order valence-electron chi connectivity index (χ1n) is 8.70. The van der Waals surface area contributed by atoms with Crippen LogP contribution in [-0.2, 0) is 4.79 Å². The molecule has 1 aromatic rings. The van der Waals surface area contributed by atoms with Gasteiger partial charge in [0.2, 0.25) is 5.91 Å². The van der Waals surface area contributed by atoms with Gasteiger partial charge >= 0.3 is 0 Å². The van der Waals surface area contributed by atoms with Crippen molar-refractivity contribution >= 4 is 28.5 Å². The first kappa shape index (κ1) is 15.8. The van der Waals surface area contributed by atoms with Crippen molar-refractivity contribution in [3.05, 3.63) is 22.4 Å². The molecular formula is C19H27NOS. The fraction of sp³-hybridized carbons (Fsp3) is 0.632. The summed E-state index contributed by atoms with van der Waals surface area (Å²) >= 11 is 1.79. The van der Waals surface area contributed by atoms with Gasteiger partial charge in [0.1, 0.15) is 0 Å². The largest absolute Gasteiger partial charge is 0.314 e. The summed E-state index contributed by atoms with van der Waals surface area (Å²) in [6, 6.07) is 2.21. The van der Waals surface area contributed by atoms with Crippen LogP contribution in [0.25, 0.3) is 5.57 Å². The first-order valence-corrected chi connectivity index (χ1v) is 9.58. The van der Waals surface area contributed by atoms with Crippen LogP contribution >= 0.6 is 11.3 Å². The predicted octanol–water partition coefficient (Wildman–Crippen LogP) is 5.49. The van der Waals surface area contributed by atoms with Crippen LogP contribution in [0.4, 0.5) is 5.69 Å². The number of carbonyl (C=O) groups is 1. The Kier molecular flexibility index (Phi) is 5.02. The molecule has 1 saturated carbocycles. The molecule has 0 radical (unpaired) electrons. The van der Waals surface area contributed by atoms with Gasteiger partial charge in [-0.1, -0.05) is 13.0 Å². The molecule has 0 unspecified atom stereocenters. The third-order valence-electron chi connectivity index (χ3n) is 5.28. The Bertz CT molecular complexity index is 552. The van der Waals surface area contributed by atoms with E-state index in [0.29, 0.717) is 5.91 Å². The molecule has 0 N–H and O–H groups in total. The molecule has 3 rings (SSSR count). The molecule has 0 bridgehead atoms. The molecule has 2 aliphatic carbocycles. The molecule has 1 heterocycles. The maximum atomic E-state index is 12.7. The van der Waals surface area contributed by atoms with Crippen LogP contribution in [0.1, 0.15) is 63.2 Å². The van der Waals surface area contributed by atoms with Gasteiger partial charge in [-0.25, -0.2) is 0 Å². The van der Waals surface area contributed by atoms with Crippen LogP contribution in [0.3, 0.4) is 0 Å². The standard InChI is InChI=1S/C19H27NOS/c1-14-8-10-16(11-9-14)19(21)20(2)17-12-18(22-13-17)15-6-4-3-5-7-15/h6,12-14,16H,3-5,7-11H2,1-2H3. The average molecular weight is 317 g/mol. The fourth-order valence-corrected chi connectivity index (χ4v) is 4.64. The van der Waals surface area contributed by atoms with E-state index in [-0.39, 0.29) is 5.92 Å². The summed E-state index contributed by atoms with van der Waals surface area (Å²) in [6.07, 6.45) is 11.9. The zero-order valence-corrected chi connectivity index (χ0v) is 14.6. The fourth-order valence-electron chi connectivity index (χ4n) is 3.64. The predicted molar refractivity (Wildman–Crippen MR) is 95.3 cm³/mol. The lowest BCUT2D eigenvalue weighted by atomic mass is 9.82. The molecule has 120 valence electrons. The summed E-state index contributed by atoms with van der Waals surface area (Å²) in [7, 11) is 1.95. The smallest absolute Gasteiger partial charge is 0.229 e. The van der Waals surface area contributed by atoms with Gasteiger partial charge in [-0.15, -0.1) is 11.3 Å². The lowest BCUT2D eigenvalue weighted by Crippen LogP contribution is -2.34. The molecule has 0 aliphatic heterocycles. The van der Waals surface area contributed by atoms with Crippen molar-refractivity contribution in [3.8, 4) is 0 Å². The third kappa shape index (κ3) is 3.45. The van der Waals surface area contributed by atoms with E-state index in [1.165, 1.54) is 49.0 Å². The van der Waals surface area contributed by atoms with Gasteiger partial charge in [0, 0.05) is 23.2 Å². The van der Waals surface area contributed by atoms with Gasteiger partial charge in [-0.2, -0.15) is 0 Å². The molecular weight excluding hydrogens is 290 g/mol. The van der Waals surface area contributed by atoms with Crippen LogP contribution < -0.4 is 4.90 Å². The van der Waals surface area contributed by atoms with Crippen LogP contribution in [0.5, 0.6) is 0 Å². The van der Waals surface area contributed by atoms with E-state index >= 15 is 0 Å². The van der Waals surface area contributed by atoms with Gasteiger partial charge in [0.25, 0.3) is 0 Å². The highest BCUT2D eigenvalue weighted by atomic mass is 32.1. The molecule has 2 aliphatic rings. The minimum atomic E-state index is 0.235. The zero-order chi connectivity index (χ0) is 15.5. The Morgan fingerprint density at radius 1 is 1.23 bits per heavy atom. The lowest BCUT2D eigenvalue weighted by Gasteiger charge is -2.28. The number of amides is 1. The maximum Gasteiger partial charge on any atom is 0.229 e. The maximum absolute atomic E-state index is 12.7. The summed E-state index contributed by atoms with van der Waals surface area (Å²) in [4.78, 5) is 16.0. The van der Waals surface area contributed by atoms with Crippen LogP contribution in [-0.4, -0.2) is 13.0 Å². The SMILES string of the molecule is CC1CCC(C(=O)N(C)c2csc(C3=CCCCC3)c2)CC1. The van der Waals surface area contributed by atoms with Gasteiger partial charge in [0.05, 0.1) is 5.69 Å². The minimum absolute atomic E-state index is 0.235. The topological polar surface area (TPSA) is 20.3 Å². The van der Waals surface area contributed by atoms with E-state index in [4.69, 9.17) is 0 Å². The van der Waals surface area contributed by atoms with Gasteiger partial charge in [0.15, 0.2) is 0 Å². The van der Waals surface area contributed by atoms with Crippen molar-refractivity contribution < 1.29 is 4.79 Å². The summed E-state index contributed by atoms with van der Waals surface area (Å²) < 4.78 is 0. The zero-order valence-electron chi connectivity index (χ0n) is 13.8. The molecule has 0 atom stereocenters. The Morgan fingerprint density at radius 3 is 2.68 bits per heavy atom. The highest BCUT2D eigenvalue weighted by Crippen LogP contribution is 2.35. The summed E-state index contributed by atoms with van der Waals surface area (Å²) in [5.41, 5.74) is 2.56. The van der Waals surface area contributed by atoms with E-state index < -0.39 is 0 Å². The number of hydrogen-bond acceptors (Lipinski definition) is 2. The molecule has 1 aromatic heterocycles. The van der Waals surface area contributed by atoms with E-state index in [1.54, 1.807) is 11.3 Å². The minimum Gasteiger partial charge on any atom is -0.314 e. The molecule has 0 aromatic carbocycles. The highest BCUT2D eigenvalue weighted by Gasteiger charge is 2.27. The number of hydrogen-bond donors (Lipinski definition) is 0. The molecule has 0 spiro atoms. The average Bonchev–Trinajstić information content (AvgIpc) is 3.05. The molecule has 22 heavy (non-hydrogen) atoms. The van der Waals surface area contributed by atoms with Gasteiger partial charge < -0.3 is 4.90 Å². The number of anilines is 1. The van der Waals surface area contributed by atoms with Gasteiger partial charge in [-0.3, -0.25) is 4.79 Å². The summed E-state index contributed by atoms with van der Waals surface area (Å²) in [6.45, 7) is 2.30. The van der Waals surface area contributed by atoms with Crippen molar-refractivity contribution in [2.24, 2.45) is 11.8 Å². The van der Waals surface area contributed by atoms with Crippen LogP contribution in [0.2, 0.25) is 0 Å². The van der Waals surface area contributed by atoms with Crippen molar-refractivity contribution in [1.29, 1.82) is 0 Å². The summed E-state index contributed by atoms with van der Waals surface area (Å²) in [5, 5.41) is 2.15. The molecule has 3 heteroatoms. The van der Waals surface area contributed by atoms with Crippen molar-refractivity contribution in [2.75, 3.05) is 11.9 Å². The highest BCUT2D eigenvalue weighted by molar-refractivity contribution is 7.11. The Labute approximate surface area is 138 Å². The molecule has 1 amide bonds. The van der Waals surface area contributed by atoms with E-state index in [9.17, 15) is 4.79 Å². The Morgan fingerprint density at radius 2 is 2.00 bits per heavy atom. The quantitative estimate of drug-likeness (QED) is 0.721. The lowest BCUT2D eigenvalue weighted by molar-refractivity contribution is -0.123. The second kappa shape index (κ2) is 6.99. The number of thiophene rings is 1. The van der Waals surface area contributed by atoms with E-state index in [1.807, 2.05) is 11.9 Å². The number of allylic oxidation sites excluding steroid dienone is 2.